The van der Waals surface area contributed by atoms with Crippen molar-refractivity contribution in [1.82, 2.24) is 9.88 Å². The van der Waals surface area contributed by atoms with Gasteiger partial charge in [-0.25, -0.2) is 10.1 Å². The predicted molar refractivity (Wildman–Crippen MR) is 61.5 cm³/mol. The third-order valence-electron chi connectivity index (χ3n) is 2.15. The van der Waals surface area contributed by atoms with Gasteiger partial charge in [0.15, 0.2) is 5.03 Å². The highest BCUT2D eigenvalue weighted by molar-refractivity contribution is 8.14. The Morgan fingerprint density at radius 3 is 3.00 bits per heavy atom. The highest BCUT2D eigenvalue weighted by atomic mass is 32.2. The summed E-state index contributed by atoms with van der Waals surface area (Å²) >= 11 is 1.42. The Hall–Kier alpha value is -1.63. The Labute approximate surface area is 96.5 Å². The quantitative estimate of drug-likeness (QED) is 0.584. The van der Waals surface area contributed by atoms with Crippen LogP contribution < -0.4 is 0 Å². The van der Waals surface area contributed by atoms with E-state index in [0.29, 0.717) is 11.7 Å². The van der Waals surface area contributed by atoms with Crippen LogP contribution in [0.3, 0.4) is 0 Å². The SMILES string of the molecule is O=[N+]([O-])N=C1SCCN1Cc1ccncc1. The van der Waals surface area contributed by atoms with Crippen molar-refractivity contribution in [2.45, 2.75) is 6.54 Å². The second-order valence-corrected chi connectivity index (χ2v) is 4.31. The summed E-state index contributed by atoms with van der Waals surface area (Å²) < 4.78 is 0. The van der Waals surface area contributed by atoms with Gasteiger partial charge in [-0.2, -0.15) is 0 Å². The summed E-state index contributed by atoms with van der Waals surface area (Å²) in [7, 11) is 0. The number of nitrogens with zero attached hydrogens (tertiary/aromatic N) is 4. The number of rotatable bonds is 3. The van der Waals surface area contributed by atoms with Crippen LogP contribution in [0.25, 0.3) is 0 Å². The molecule has 0 radical (unpaired) electrons. The summed E-state index contributed by atoms with van der Waals surface area (Å²) in [6, 6.07) is 3.79. The molecule has 2 heterocycles. The number of aromatic nitrogens is 1. The van der Waals surface area contributed by atoms with E-state index in [2.05, 4.69) is 10.1 Å². The van der Waals surface area contributed by atoms with Crippen LogP contribution in [0.2, 0.25) is 0 Å². The molecule has 1 aliphatic rings. The minimum Gasteiger partial charge on any atom is -0.341 e. The Morgan fingerprint density at radius 1 is 1.56 bits per heavy atom. The fourth-order valence-corrected chi connectivity index (χ4v) is 2.41. The monoisotopic (exact) mass is 238 g/mol. The van der Waals surface area contributed by atoms with E-state index in [1.807, 2.05) is 17.0 Å². The Kier molecular flexibility index (Phi) is 3.35. The van der Waals surface area contributed by atoms with E-state index in [0.717, 1.165) is 17.9 Å². The number of amidine groups is 1. The van der Waals surface area contributed by atoms with E-state index in [9.17, 15) is 10.1 Å². The van der Waals surface area contributed by atoms with E-state index in [1.165, 1.54) is 11.8 Å². The molecule has 7 heteroatoms. The molecule has 6 nitrogen and oxygen atoms in total. The van der Waals surface area contributed by atoms with Gasteiger partial charge in [0.05, 0.1) is 5.10 Å². The lowest BCUT2D eigenvalue weighted by molar-refractivity contribution is -0.485. The van der Waals surface area contributed by atoms with Crippen LogP contribution in [-0.4, -0.2) is 32.4 Å². The summed E-state index contributed by atoms with van der Waals surface area (Å²) in [5, 5.41) is 13.5. The number of nitro groups is 1. The van der Waals surface area contributed by atoms with E-state index in [1.54, 1.807) is 12.4 Å². The first-order chi connectivity index (χ1) is 7.75. The molecule has 2 rings (SSSR count). The lowest BCUT2D eigenvalue weighted by Crippen LogP contribution is -2.24. The minimum atomic E-state index is -0.646. The average molecular weight is 238 g/mol. The Bertz CT molecular complexity index is 409. The minimum absolute atomic E-state index is 0.488. The van der Waals surface area contributed by atoms with Crippen LogP contribution in [0.5, 0.6) is 0 Å². The van der Waals surface area contributed by atoms with Crippen LogP contribution in [0.1, 0.15) is 5.56 Å². The van der Waals surface area contributed by atoms with E-state index < -0.39 is 5.03 Å². The maximum absolute atomic E-state index is 10.3. The van der Waals surface area contributed by atoms with Crippen LogP contribution in [-0.2, 0) is 6.54 Å². The fraction of sp³-hybridized carbons (Fsp3) is 0.333. The van der Waals surface area contributed by atoms with Crippen molar-refractivity contribution in [3.8, 4) is 0 Å². The second-order valence-electron chi connectivity index (χ2n) is 3.25. The standard InChI is InChI=1S/C9H10N4O2S/c14-13(15)11-9-12(5-6-16-9)7-8-1-3-10-4-2-8/h1-4H,5-7H2. The van der Waals surface area contributed by atoms with Crippen molar-refractivity contribution in [2.24, 2.45) is 5.10 Å². The number of hydrogen-bond donors (Lipinski definition) is 0. The molecule has 0 aliphatic carbocycles. The van der Waals surface area contributed by atoms with Gasteiger partial charge in [-0.05, 0) is 17.7 Å². The molecule has 0 bridgehead atoms. The highest BCUT2D eigenvalue weighted by Crippen LogP contribution is 2.20. The molecule has 84 valence electrons. The van der Waals surface area contributed by atoms with Crippen molar-refractivity contribution >= 4 is 16.9 Å². The van der Waals surface area contributed by atoms with Crippen molar-refractivity contribution in [3.63, 3.8) is 0 Å². The third kappa shape index (κ3) is 2.69. The van der Waals surface area contributed by atoms with Gasteiger partial charge < -0.3 is 4.90 Å². The topological polar surface area (TPSA) is 71.6 Å². The zero-order chi connectivity index (χ0) is 11.4. The first-order valence-electron chi connectivity index (χ1n) is 4.75. The van der Waals surface area contributed by atoms with Crippen LogP contribution >= 0.6 is 11.8 Å². The maximum Gasteiger partial charge on any atom is 0.238 e. The molecular formula is C9H10N4O2S. The molecule has 1 aromatic rings. The number of thioether (sulfide) groups is 1. The zero-order valence-electron chi connectivity index (χ0n) is 8.44. The number of hydrazone groups is 1. The molecule has 0 amide bonds. The van der Waals surface area contributed by atoms with Gasteiger partial charge in [-0.3, -0.25) is 4.98 Å². The van der Waals surface area contributed by atoms with E-state index in [4.69, 9.17) is 0 Å². The lowest BCUT2D eigenvalue weighted by Gasteiger charge is -2.15. The van der Waals surface area contributed by atoms with Crippen molar-refractivity contribution in [3.05, 3.63) is 40.2 Å². The van der Waals surface area contributed by atoms with Gasteiger partial charge in [-0.15, -0.1) is 0 Å². The summed E-state index contributed by atoms with van der Waals surface area (Å²) in [5.74, 6) is 0.845. The Balaban J connectivity index is 2.07. The van der Waals surface area contributed by atoms with Crippen molar-refractivity contribution in [1.29, 1.82) is 0 Å². The van der Waals surface area contributed by atoms with Gasteiger partial charge in [0.25, 0.3) is 0 Å². The summed E-state index contributed by atoms with van der Waals surface area (Å²) in [4.78, 5) is 16.2. The van der Waals surface area contributed by atoms with E-state index >= 15 is 0 Å². The molecule has 0 spiro atoms. The van der Waals surface area contributed by atoms with Gasteiger partial charge >= 0.3 is 0 Å². The predicted octanol–water partition coefficient (Wildman–Crippen LogP) is 1.18. The molecule has 0 saturated carbocycles. The first kappa shape index (κ1) is 10.9. The largest absolute Gasteiger partial charge is 0.341 e. The number of pyridine rings is 1. The molecular weight excluding hydrogens is 228 g/mol. The van der Waals surface area contributed by atoms with Gasteiger partial charge in [-0.1, -0.05) is 11.8 Å². The van der Waals surface area contributed by atoms with Crippen LogP contribution in [0.15, 0.2) is 29.6 Å². The summed E-state index contributed by atoms with van der Waals surface area (Å²) in [5.41, 5.74) is 1.08. The van der Waals surface area contributed by atoms with Crippen molar-refractivity contribution in [2.75, 3.05) is 12.3 Å². The molecule has 1 aromatic heterocycles. The molecule has 16 heavy (non-hydrogen) atoms. The molecule has 0 N–H and O–H groups in total. The van der Waals surface area contributed by atoms with Crippen LogP contribution in [0.4, 0.5) is 0 Å². The maximum atomic E-state index is 10.3. The molecule has 0 aromatic carbocycles. The molecule has 0 atom stereocenters. The zero-order valence-corrected chi connectivity index (χ0v) is 9.26. The normalized spacial score (nSPS) is 18.0. The molecule has 1 saturated heterocycles. The number of hydrogen-bond acceptors (Lipinski definition) is 4. The van der Waals surface area contributed by atoms with Crippen LogP contribution in [0, 0.1) is 10.1 Å². The lowest BCUT2D eigenvalue weighted by atomic mass is 10.2. The van der Waals surface area contributed by atoms with Gasteiger partial charge in [0, 0.05) is 31.2 Å². The smallest absolute Gasteiger partial charge is 0.238 e. The van der Waals surface area contributed by atoms with E-state index in [-0.39, 0.29) is 0 Å². The Morgan fingerprint density at radius 2 is 2.31 bits per heavy atom. The second kappa shape index (κ2) is 4.93. The first-order valence-corrected chi connectivity index (χ1v) is 5.74. The fourth-order valence-electron chi connectivity index (χ4n) is 1.45. The summed E-state index contributed by atoms with van der Waals surface area (Å²) in [6.45, 7) is 1.43. The molecule has 1 aliphatic heterocycles. The van der Waals surface area contributed by atoms with Gasteiger partial charge in [0.1, 0.15) is 0 Å². The highest BCUT2D eigenvalue weighted by Gasteiger charge is 2.22. The third-order valence-corrected chi connectivity index (χ3v) is 3.14. The summed E-state index contributed by atoms with van der Waals surface area (Å²) in [6.07, 6.45) is 3.42. The average Bonchev–Trinajstić information content (AvgIpc) is 2.66. The molecule has 1 fully saturated rings. The molecule has 0 unspecified atom stereocenters. The van der Waals surface area contributed by atoms with Crippen molar-refractivity contribution < 1.29 is 5.03 Å². The van der Waals surface area contributed by atoms with Gasteiger partial charge in [0.2, 0.25) is 5.17 Å².